The summed E-state index contributed by atoms with van der Waals surface area (Å²) in [6, 6.07) is 13.5. The molecular weight excluding hydrogens is 374 g/mol. The quantitative estimate of drug-likeness (QED) is 0.836. The number of hydrogen-bond donors (Lipinski definition) is 1. The van der Waals surface area contributed by atoms with Gasteiger partial charge in [-0.3, -0.25) is 9.69 Å². The van der Waals surface area contributed by atoms with Crippen LogP contribution in [0.15, 0.2) is 42.5 Å². The van der Waals surface area contributed by atoms with Crippen LogP contribution < -0.4 is 5.32 Å². The molecule has 0 aliphatic carbocycles. The molecule has 2 aromatic carbocycles. The molecule has 6 nitrogen and oxygen atoms in total. The minimum atomic E-state index is -3.12. The average molecular weight is 402 g/mol. The zero-order chi connectivity index (χ0) is 20.3. The SMILES string of the molecule is Cc1ccc(NC(=O)c2cccc(CN3CCN(S(C)(=O)=O)CC3)c2)cc1C. The van der Waals surface area contributed by atoms with Gasteiger partial charge in [-0.15, -0.1) is 0 Å². The Kier molecular flexibility index (Phi) is 6.17. The van der Waals surface area contributed by atoms with Gasteiger partial charge in [0.2, 0.25) is 10.0 Å². The highest BCUT2D eigenvalue weighted by molar-refractivity contribution is 7.88. The van der Waals surface area contributed by atoms with Gasteiger partial charge in [-0.25, -0.2) is 8.42 Å². The molecule has 0 unspecified atom stereocenters. The summed E-state index contributed by atoms with van der Waals surface area (Å²) in [6.07, 6.45) is 1.25. The van der Waals surface area contributed by atoms with Crippen LogP contribution >= 0.6 is 0 Å². The minimum Gasteiger partial charge on any atom is -0.322 e. The summed E-state index contributed by atoms with van der Waals surface area (Å²) in [7, 11) is -3.12. The number of piperazine rings is 1. The van der Waals surface area contributed by atoms with Crippen molar-refractivity contribution in [1.82, 2.24) is 9.21 Å². The van der Waals surface area contributed by atoms with Gasteiger partial charge in [-0.2, -0.15) is 4.31 Å². The van der Waals surface area contributed by atoms with E-state index in [9.17, 15) is 13.2 Å². The molecule has 1 amide bonds. The number of aryl methyl sites for hydroxylation is 2. The van der Waals surface area contributed by atoms with E-state index in [1.807, 2.05) is 56.3 Å². The van der Waals surface area contributed by atoms with E-state index in [0.717, 1.165) is 16.8 Å². The molecule has 3 rings (SSSR count). The zero-order valence-corrected chi connectivity index (χ0v) is 17.4. The Morgan fingerprint density at radius 2 is 1.71 bits per heavy atom. The van der Waals surface area contributed by atoms with Gasteiger partial charge in [0.15, 0.2) is 0 Å². The van der Waals surface area contributed by atoms with Crippen molar-refractivity contribution >= 4 is 21.6 Å². The van der Waals surface area contributed by atoms with Crippen molar-refractivity contribution in [2.45, 2.75) is 20.4 Å². The van der Waals surface area contributed by atoms with Gasteiger partial charge in [0, 0.05) is 44.0 Å². The van der Waals surface area contributed by atoms with Gasteiger partial charge in [-0.1, -0.05) is 18.2 Å². The van der Waals surface area contributed by atoms with Gasteiger partial charge >= 0.3 is 0 Å². The monoisotopic (exact) mass is 401 g/mol. The van der Waals surface area contributed by atoms with Crippen molar-refractivity contribution in [2.75, 3.05) is 37.8 Å². The van der Waals surface area contributed by atoms with Gasteiger partial charge < -0.3 is 5.32 Å². The first-order valence-electron chi connectivity index (χ1n) is 9.37. The Balaban J connectivity index is 1.62. The summed E-state index contributed by atoms with van der Waals surface area (Å²) >= 11 is 0. The normalized spacial score (nSPS) is 16.1. The second kappa shape index (κ2) is 8.43. The number of sulfonamides is 1. The number of carbonyl (C=O) groups is 1. The van der Waals surface area contributed by atoms with Crippen LogP contribution in [0, 0.1) is 13.8 Å². The van der Waals surface area contributed by atoms with Crippen LogP contribution in [0.3, 0.4) is 0 Å². The molecule has 150 valence electrons. The minimum absolute atomic E-state index is 0.132. The van der Waals surface area contributed by atoms with E-state index in [1.54, 1.807) is 0 Å². The largest absolute Gasteiger partial charge is 0.322 e. The Morgan fingerprint density at radius 1 is 1.00 bits per heavy atom. The molecule has 0 bridgehead atoms. The molecule has 28 heavy (non-hydrogen) atoms. The summed E-state index contributed by atoms with van der Waals surface area (Å²) in [5.41, 5.74) is 4.78. The Hall–Kier alpha value is -2.22. The van der Waals surface area contributed by atoms with Crippen molar-refractivity contribution in [2.24, 2.45) is 0 Å². The van der Waals surface area contributed by atoms with Crippen LogP contribution in [0.1, 0.15) is 27.0 Å². The molecule has 0 aromatic heterocycles. The van der Waals surface area contributed by atoms with Crippen LogP contribution in [-0.2, 0) is 16.6 Å². The second-order valence-corrected chi connectivity index (χ2v) is 9.37. The van der Waals surface area contributed by atoms with Crippen molar-refractivity contribution in [3.05, 3.63) is 64.7 Å². The van der Waals surface area contributed by atoms with Crippen molar-refractivity contribution in [3.63, 3.8) is 0 Å². The van der Waals surface area contributed by atoms with Crippen LogP contribution in [0.25, 0.3) is 0 Å². The predicted molar refractivity (Wildman–Crippen MR) is 112 cm³/mol. The van der Waals surface area contributed by atoms with Crippen molar-refractivity contribution < 1.29 is 13.2 Å². The van der Waals surface area contributed by atoms with E-state index in [-0.39, 0.29) is 5.91 Å². The lowest BCUT2D eigenvalue weighted by Crippen LogP contribution is -2.47. The first-order chi connectivity index (χ1) is 13.2. The van der Waals surface area contributed by atoms with Crippen LogP contribution in [0.5, 0.6) is 0 Å². The van der Waals surface area contributed by atoms with E-state index in [4.69, 9.17) is 0 Å². The number of rotatable bonds is 5. The molecule has 0 saturated carbocycles. The molecule has 1 saturated heterocycles. The zero-order valence-electron chi connectivity index (χ0n) is 16.6. The number of anilines is 1. The highest BCUT2D eigenvalue weighted by Gasteiger charge is 2.23. The number of benzene rings is 2. The number of nitrogens with one attached hydrogen (secondary N) is 1. The number of carbonyl (C=O) groups excluding carboxylic acids is 1. The molecule has 1 fully saturated rings. The summed E-state index contributed by atoms with van der Waals surface area (Å²) in [5, 5.41) is 2.95. The Bertz CT molecular complexity index is 965. The fraction of sp³-hybridized carbons (Fsp3) is 0.381. The van der Waals surface area contributed by atoms with Crippen LogP contribution in [-0.4, -0.2) is 56.0 Å². The summed E-state index contributed by atoms with van der Waals surface area (Å²) in [6.45, 7) is 7.15. The maximum atomic E-state index is 12.6. The van der Waals surface area contributed by atoms with Crippen molar-refractivity contribution in [3.8, 4) is 0 Å². The molecule has 7 heteroatoms. The average Bonchev–Trinajstić information content (AvgIpc) is 2.65. The van der Waals surface area contributed by atoms with Gasteiger partial charge in [0.1, 0.15) is 0 Å². The number of hydrogen-bond acceptors (Lipinski definition) is 4. The highest BCUT2D eigenvalue weighted by atomic mass is 32.2. The molecule has 0 radical (unpaired) electrons. The third-order valence-electron chi connectivity index (χ3n) is 5.16. The van der Waals surface area contributed by atoms with Gasteiger partial charge in [0.25, 0.3) is 5.91 Å². The topological polar surface area (TPSA) is 69.7 Å². The predicted octanol–water partition coefficient (Wildman–Crippen LogP) is 2.63. The fourth-order valence-electron chi connectivity index (χ4n) is 3.31. The maximum absolute atomic E-state index is 12.6. The Morgan fingerprint density at radius 3 is 2.36 bits per heavy atom. The standard InChI is InChI=1S/C21H27N3O3S/c1-16-7-8-20(13-17(16)2)22-21(25)19-6-4-5-18(14-19)15-23-9-11-24(12-10-23)28(3,26)27/h4-8,13-14H,9-12,15H2,1-3H3,(H,22,25). The third kappa shape index (κ3) is 5.19. The van der Waals surface area contributed by atoms with E-state index in [2.05, 4.69) is 10.2 Å². The second-order valence-electron chi connectivity index (χ2n) is 7.39. The van der Waals surface area contributed by atoms with Crippen LogP contribution in [0.4, 0.5) is 5.69 Å². The molecule has 1 aliphatic heterocycles. The summed E-state index contributed by atoms with van der Waals surface area (Å²) in [5.74, 6) is -0.132. The Labute approximate surface area is 167 Å². The number of amides is 1. The molecule has 1 aliphatic rings. The smallest absolute Gasteiger partial charge is 0.255 e. The van der Waals surface area contributed by atoms with E-state index < -0.39 is 10.0 Å². The molecule has 0 spiro atoms. The van der Waals surface area contributed by atoms with E-state index >= 15 is 0 Å². The fourth-order valence-corrected chi connectivity index (χ4v) is 4.14. The first kappa shape index (κ1) is 20.5. The van der Waals surface area contributed by atoms with Gasteiger partial charge in [0.05, 0.1) is 6.26 Å². The van der Waals surface area contributed by atoms with Gasteiger partial charge in [-0.05, 0) is 54.8 Å². The lowest BCUT2D eigenvalue weighted by molar-refractivity contribution is 0.102. The summed E-state index contributed by atoms with van der Waals surface area (Å²) in [4.78, 5) is 14.8. The first-order valence-corrected chi connectivity index (χ1v) is 11.2. The number of nitrogens with zero attached hydrogens (tertiary/aromatic N) is 2. The molecule has 1 N–H and O–H groups in total. The molecular formula is C21H27N3O3S. The molecule has 2 aromatic rings. The highest BCUT2D eigenvalue weighted by Crippen LogP contribution is 2.17. The lowest BCUT2D eigenvalue weighted by Gasteiger charge is -2.33. The third-order valence-corrected chi connectivity index (χ3v) is 6.46. The van der Waals surface area contributed by atoms with E-state index in [1.165, 1.54) is 16.1 Å². The van der Waals surface area contributed by atoms with Crippen molar-refractivity contribution in [1.29, 1.82) is 0 Å². The maximum Gasteiger partial charge on any atom is 0.255 e. The molecule has 0 atom stereocenters. The van der Waals surface area contributed by atoms with Crippen LogP contribution in [0.2, 0.25) is 0 Å². The summed E-state index contributed by atoms with van der Waals surface area (Å²) < 4.78 is 24.8. The lowest BCUT2D eigenvalue weighted by atomic mass is 10.1. The molecule has 1 heterocycles. The van der Waals surface area contributed by atoms with E-state index in [0.29, 0.717) is 38.3 Å².